The summed E-state index contributed by atoms with van der Waals surface area (Å²) in [7, 11) is 1.25. The minimum atomic E-state index is -4.40. The molecule has 118 valence electrons. The van der Waals surface area contributed by atoms with Crippen LogP contribution in [0.2, 0.25) is 0 Å². The second kappa shape index (κ2) is 6.56. The highest BCUT2D eigenvalue weighted by atomic mass is 19.4. The lowest BCUT2D eigenvalue weighted by Crippen LogP contribution is -2.29. The number of rotatable bonds is 4. The van der Waals surface area contributed by atoms with Crippen molar-refractivity contribution in [2.45, 2.75) is 37.9 Å². The molecule has 0 bridgehead atoms. The molecule has 6 heteroatoms. The van der Waals surface area contributed by atoms with Gasteiger partial charge in [-0.1, -0.05) is 0 Å². The molecular formula is C15H21F3N2O. The Morgan fingerprint density at radius 2 is 1.90 bits per heavy atom. The second-order valence-corrected chi connectivity index (χ2v) is 5.57. The van der Waals surface area contributed by atoms with Crippen LogP contribution in [-0.4, -0.2) is 19.7 Å². The zero-order chi connectivity index (χ0) is 15.5. The fourth-order valence-electron chi connectivity index (χ4n) is 2.69. The van der Waals surface area contributed by atoms with Gasteiger partial charge in [-0.25, -0.2) is 0 Å². The van der Waals surface area contributed by atoms with E-state index < -0.39 is 11.7 Å². The van der Waals surface area contributed by atoms with Crippen LogP contribution in [0.1, 0.15) is 31.2 Å². The number of nitrogens with one attached hydrogen (secondary N) is 1. The van der Waals surface area contributed by atoms with Crippen molar-refractivity contribution in [1.82, 2.24) is 0 Å². The Balaban J connectivity index is 1.98. The van der Waals surface area contributed by atoms with Gasteiger partial charge in [-0.3, -0.25) is 0 Å². The molecule has 1 aliphatic rings. The molecule has 0 amide bonds. The smallest absolute Gasteiger partial charge is 0.419 e. The van der Waals surface area contributed by atoms with E-state index in [2.05, 4.69) is 5.32 Å². The summed E-state index contributed by atoms with van der Waals surface area (Å²) in [5.41, 5.74) is 5.75. The maximum Gasteiger partial charge on any atom is 0.419 e. The predicted molar refractivity (Wildman–Crippen MR) is 76.4 cm³/mol. The Bertz CT molecular complexity index is 468. The molecule has 0 aliphatic heterocycles. The maximum atomic E-state index is 12.8. The monoisotopic (exact) mass is 302 g/mol. The van der Waals surface area contributed by atoms with Crippen LogP contribution in [-0.2, 0) is 6.18 Å². The number of hydrogen-bond donors (Lipinski definition) is 2. The van der Waals surface area contributed by atoms with Gasteiger partial charge in [-0.2, -0.15) is 13.2 Å². The molecule has 3 N–H and O–H groups in total. The Kier molecular flexibility index (Phi) is 4.98. The molecule has 1 saturated carbocycles. The quantitative estimate of drug-likeness (QED) is 0.892. The summed E-state index contributed by atoms with van der Waals surface area (Å²) in [6.45, 7) is 0.751. The molecule has 3 nitrogen and oxygen atoms in total. The molecule has 1 aromatic rings. The van der Waals surface area contributed by atoms with E-state index in [1.165, 1.54) is 19.2 Å². The summed E-state index contributed by atoms with van der Waals surface area (Å²) in [4.78, 5) is 0. The highest BCUT2D eigenvalue weighted by Crippen LogP contribution is 2.37. The van der Waals surface area contributed by atoms with Crippen LogP contribution in [0.3, 0.4) is 0 Å². The first-order valence-corrected chi connectivity index (χ1v) is 7.15. The zero-order valence-corrected chi connectivity index (χ0v) is 12.0. The van der Waals surface area contributed by atoms with Crippen molar-refractivity contribution >= 4 is 5.69 Å². The van der Waals surface area contributed by atoms with Gasteiger partial charge in [-0.15, -0.1) is 0 Å². The first kappa shape index (κ1) is 15.9. The lowest BCUT2D eigenvalue weighted by molar-refractivity contribution is -0.138. The van der Waals surface area contributed by atoms with E-state index in [0.29, 0.717) is 17.6 Å². The summed E-state index contributed by atoms with van der Waals surface area (Å²) in [5.74, 6) is 0.372. The van der Waals surface area contributed by atoms with E-state index in [0.717, 1.165) is 38.3 Å². The van der Waals surface area contributed by atoms with E-state index >= 15 is 0 Å². The summed E-state index contributed by atoms with van der Waals surface area (Å²) in [6, 6.07) is 4.20. The number of ether oxygens (including phenoxy) is 1. The number of alkyl halides is 3. The van der Waals surface area contributed by atoms with Crippen molar-refractivity contribution in [1.29, 1.82) is 0 Å². The van der Waals surface area contributed by atoms with Gasteiger partial charge >= 0.3 is 6.18 Å². The lowest BCUT2D eigenvalue weighted by Gasteiger charge is -2.26. The summed E-state index contributed by atoms with van der Waals surface area (Å²) in [5, 5.41) is 3.19. The van der Waals surface area contributed by atoms with Crippen molar-refractivity contribution in [3.05, 3.63) is 23.8 Å². The minimum Gasteiger partial charge on any atom is -0.496 e. The van der Waals surface area contributed by atoms with Crippen molar-refractivity contribution in [3.63, 3.8) is 0 Å². The molecule has 0 radical (unpaired) electrons. The average Bonchev–Trinajstić information content (AvgIpc) is 2.45. The number of methoxy groups -OCH3 is 1. The highest BCUT2D eigenvalue weighted by molar-refractivity contribution is 5.52. The average molecular weight is 302 g/mol. The standard InChI is InChI=1S/C15H21F3N2O/c1-21-14-8-12(6-7-13(14)15(16,17)18)20-9-10-2-4-11(19)5-3-10/h6-8,10-11,20H,2-5,9,19H2,1H3/t10-,11-. The molecule has 1 fully saturated rings. The first-order valence-electron chi connectivity index (χ1n) is 7.15. The summed E-state index contributed by atoms with van der Waals surface area (Å²) in [6.07, 6.45) is -0.243. The molecule has 0 aromatic heterocycles. The Labute approximate surface area is 122 Å². The lowest BCUT2D eigenvalue weighted by atomic mass is 9.86. The van der Waals surface area contributed by atoms with Crippen LogP contribution < -0.4 is 15.8 Å². The Morgan fingerprint density at radius 3 is 2.48 bits per heavy atom. The Hall–Kier alpha value is -1.43. The second-order valence-electron chi connectivity index (χ2n) is 5.57. The highest BCUT2D eigenvalue weighted by Gasteiger charge is 2.34. The van der Waals surface area contributed by atoms with E-state index in [4.69, 9.17) is 10.5 Å². The first-order chi connectivity index (χ1) is 9.90. The third-order valence-corrected chi connectivity index (χ3v) is 3.99. The van der Waals surface area contributed by atoms with Gasteiger partial charge in [-0.05, 0) is 43.7 Å². The summed E-state index contributed by atoms with van der Waals surface area (Å²) >= 11 is 0. The number of nitrogens with two attached hydrogens (primary N) is 1. The number of halogens is 3. The third-order valence-electron chi connectivity index (χ3n) is 3.99. The summed E-state index contributed by atoms with van der Waals surface area (Å²) < 4.78 is 43.1. The van der Waals surface area contributed by atoms with E-state index in [-0.39, 0.29) is 5.75 Å². The van der Waals surface area contributed by atoms with E-state index in [1.807, 2.05) is 0 Å². The molecule has 0 heterocycles. The number of benzene rings is 1. The van der Waals surface area contributed by atoms with Crippen molar-refractivity contribution in [2.24, 2.45) is 11.7 Å². The van der Waals surface area contributed by atoms with Crippen molar-refractivity contribution in [3.8, 4) is 5.75 Å². The zero-order valence-electron chi connectivity index (χ0n) is 12.0. The van der Waals surface area contributed by atoms with Gasteiger partial charge in [0.05, 0.1) is 12.7 Å². The molecule has 21 heavy (non-hydrogen) atoms. The van der Waals surface area contributed by atoms with Gasteiger partial charge in [0, 0.05) is 24.3 Å². The molecule has 2 rings (SSSR count). The van der Waals surface area contributed by atoms with Crippen LogP contribution in [0.4, 0.5) is 18.9 Å². The van der Waals surface area contributed by atoms with Gasteiger partial charge in [0.15, 0.2) is 0 Å². The maximum absolute atomic E-state index is 12.8. The fraction of sp³-hybridized carbons (Fsp3) is 0.600. The largest absolute Gasteiger partial charge is 0.496 e. The molecule has 0 atom stereocenters. The SMILES string of the molecule is COc1cc(NC[C@H]2CC[C@H](N)CC2)ccc1C(F)(F)F. The van der Waals surface area contributed by atoms with Crippen LogP contribution in [0, 0.1) is 5.92 Å². The fourth-order valence-corrected chi connectivity index (χ4v) is 2.69. The van der Waals surface area contributed by atoms with Gasteiger partial charge in [0.25, 0.3) is 0 Å². The van der Waals surface area contributed by atoms with Gasteiger partial charge in [0.2, 0.25) is 0 Å². The van der Waals surface area contributed by atoms with Crippen LogP contribution in [0.25, 0.3) is 0 Å². The van der Waals surface area contributed by atoms with Crippen LogP contribution >= 0.6 is 0 Å². The van der Waals surface area contributed by atoms with Crippen molar-refractivity contribution in [2.75, 3.05) is 19.0 Å². The molecule has 0 unspecified atom stereocenters. The van der Waals surface area contributed by atoms with Crippen molar-refractivity contribution < 1.29 is 17.9 Å². The van der Waals surface area contributed by atoms with Gasteiger partial charge < -0.3 is 15.8 Å². The third kappa shape index (κ3) is 4.27. The molecule has 1 aromatic carbocycles. The molecule has 1 aliphatic carbocycles. The predicted octanol–water partition coefficient (Wildman–Crippen LogP) is 3.64. The topological polar surface area (TPSA) is 47.3 Å². The molecular weight excluding hydrogens is 281 g/mol. The van der Waals surface area contributed by atoms with E-state index in [1.54, 1.807) is 0 Å². The van der Waals surface area contributed by atoms with Crippen LogP contribution in [0.15, 0.2) is 18.2 Å². The van der Waals surface area contributed by atoms with E-state index in [9.17, 15) is 13.2 Å². The van der Waals surface area contributed by atoms with Crippen LogP contribution in [0.5, 0.6) is 5.75 Å². The number of hydrogen-bond acceptors (Lipinski definition) is 3. The minimum absolute atomic E-state index is 0.154. The number of anilines is 1. The normalized spacial score (nSPS) is 22.9. The Morgan fingerprint density at radius 1 is 1.24 bits per heavy atom. The molecule has 0 spiro atoms. The molecule has 0 saturated heterocycles. The van der Waals surface area contributed by atoms with Gasteiger partial charge in [0.1, 0.15) is 5.75 Å².